The molecule has 0 aromatic heterocycles. The van der Waals surface area contributed by atoms with Crippen LogP contribution in [0.4, 0.5) is 0 Å². The first-order valence-electron chi connectivity index (χ1n) is 7.48. The van der Waals surface area contributed by atoms with Gasteiger partial charge >= 0.3 is 11.9 Å². The van der Waals surface area contributed by atoms with Crippen LogP contribution in [-0.2, 0) is 9.59 Å². The highest BCUT2D eigenvalue weighted by atomic mass is 35.5. The molecule has 0 aliphatic rings. The second-order valence-corrected chi connectivity index (χ2v) is 6.48. The van der Waals surface area contributed by atoms with Gasteiger partial charge in [-0.3, -0.25) is 9.59 Å². The van der Waals surface area contributed by atoms with E-state index in [1.807, 2.05) is 13.0 Å². The van der Waals surface area contributed by atoms with E-state index in [0.29, 0.717) is 15.8 Å². The molecule has 0 unspecified atom stereocenters. The van der Waals surface area contributed by atoms with E-state index in [4.69, 9.17) is 44.3 Å². The van der Waals surface area contributed by atoms with Crippen molar-refractivity contribution in [1.82, 2.24) is 0 Å². The van der Waals surface area contributed by atoms with Crippen LogP contribution in [0.3, 0.4) is 0 Å². The van der Waals surface area contributed by atoms with Gasteiger partial charge in [-0.25, -0.2) is 0 Å². The van der Waals surface area contributed by atoms with Crippen molar-refractivity contribution in [2.24, 2.45) is 0 Å². The molecule has 2 aromatic carbocycles. The van der Waals surface area contributed by atoms with Crippen LogP contribution in [0.15, 0.2) is 36.4 Å². The Balaban J connectivity index is 1.80. The number of halogens is 3. The number of hydrogen-bond donors (Lipinski definition) is 0. The number of rotatable bonds is 6. The SMILES string of the molecule is Cc1ccc(Cl)c(OC(=O)CCCC(=O)Oc2cccc(Cl)c2Cl)c1. The average Bonchev–Trinajstić information content (AvgIpc) is 2.55. The summed E-state index contributed by atoms with van der Waals surface area (Å²) in [6.45, 7) is 1.87. The Morgan fingerprint density at radius 2 is 1.52 bits per heavy atom. The van der Waals surface area contributed by atoms with Crippen LogP contribution in [0.25, 0.3) is 0 Å². The van der Waals surface area contributed by atoms with E-state index >= 15 is 0 Å². The van der Waals surface area contributed by atoms with Crippen LogP contribution >= 0.6 is 34.8 Å². The fourth-order valence-corrected chi connectivity index (χ4v) is 2.46. The fourth-order valence-electron chi connectivity index (χ4n) is 1.98. The summed E-state index contributed by atoms with van der Waals surface area (Å²) in [5, 5.41) is 0.825. The molecule has 132 valence electrons. The quantitative estimate of drug-likeness (QED) is 0.464. The first-order chi connectivity index (χ1) is 11.9. The van der Waals surface area contributed by atoms with Crippen LogP contribution in [0.5, 0.6) is 11.5 Å². The number of aryl methyl sites for hydroxylation is 1. The van der Waals surface area contributed by atoms with Gasteiger partial charge in [-0.2, -0.15) is 0 Å². The van der Waals surface area contributed by atoms with Crippen molar-refractivity contribution in [2.75, 3.05) is 0 Å². The van der Waals surface area contributed by atoms with Gasteiger partial charge in [0.25, 0.3) is 0 Å². The smallest absolute Gasteiger partial charge is 0.311 e. The van der Waals surface area contributed by atoms with E-state index in [9.17, 15) is 9.59 Å². The summed E-state index contributed by atoms with van der Waals surface area (Å²) >= 11 is 17.8. The van der Waals surface area contributed by atoms with Crippen LogP contribution < -0.4 is 9.47 Å². The van der Waals surface area contributed by atoms with Crippen molar-refractivity contribution >= 4 is 46.7 Å². The first kappa shape index (κ1) is 19.6. The second-order valence-electron chi connectivity index (χ2n) is 5.29. The highest BCUT2D eigenvalue weighted by Crippen LogP contribution is 2.31. The molecule has 4 nitrogen and oxygen atoms in total. The zero-order valence-electron chi connectivity index (χ0n) is 13.4. The van der Waals surface area contributed by atoms with Gasteiger partial charge in [-0.05, 0) is 43.2 Å². The minimum atomic E-state index is -0.509. The molecule has 2 rings (SSSR count). The lowest BCUT2D eigenvalue weighted by Gasteiger charge is -2.08. The Labute approximate surface area is 160 Å². The monoisotopic (exact) mass is 400 g/mol. The van der Waals surface area contributed by atoms with Crippen LogP contribution in [0, 0.1) is 6.92 Å². The van der Waals surface area contributed by atoms with E-state index in [1.165, 1.54) is 0 Å². The predicted molar refractivity (Wildman–Crippen MR) is 97.8 cm³/mol. The average molecular weight is 402 g/mol. The van der Waals surface area contributed by atoms with Gasteiger partial charge < -0.3 is 9.47 Å². The number of carbonyl (C=O) groups is 2. The number of esters is 2. The maximum absolute atomic E-state index is 11.8. The number of hydrogen-bond acceptors (Lipinski definition) is 4. The Kier molecular flexibility index (Phi) is 7.12. The van der Waals surface area contributed by atoms with E-state index in [0.717, 1.165) is 5.56 Å². The lowest BCUT2D eigenvalue weighted by molar-refractivity contribution is -0.136. The third-order valence-electron chi connectivity index (χ3n) is 3.21. The topological polar surface area (TPSA) is 52.6 Å². The van der Waals surface area contributed by atoms with E-state index in [-0.39, 0.29) is 30.0 Å². The molecule has 0 aliphatic carbocycles. The second kappa shape index (κ2) is 9.09. The molecule has 0 radical (unpaired) electrons. The van der Waals surface area contributed by atoms with Crippen molar-refractivity contribution in [3.8, 4) is 11.5 Å². The standard InChI is InChI=1S/C18H15Cl3O4/c1-11-8-9-12(19)15(10-11)25-17(23)7-3-6-16(22)24-14-5-2-4-13(20)18(14)21/h2,4-5,8-10H,3,6-7H2,1H3. The van der Waals surface area contributed by atoms with Crippen molar-refractivity contribution in [2.45, 2.75) is 26.2 Å². The molecule has 0 heterocycles. The largest absolute Gasteiger partial charge is 0.425 e. The Hall–Kier alpha value is -1.75. The molecule has 2 aromatic rings. The summed E-state index contributed by atoms with van der Waals surface area (Å²) in [5.41, 5.74) is 0.925. The Morgan fingerprint density at radius 1 is 0.880 bits per heavy atom. The van der Waals surface area contributed by atoms with Gasteiger partial charge in [-0.15, -0.1) is 0 Å². The zero-order chi connectivity index (χ0) is 18.4. The van der Waals surface area contributed by atoms with Crippen LogP contribution in [0.1, 0.15) is 24.8 Å². The molecule has 0 N–H and O–H groups in total. The zero-order valence-corrected chi connectivity index (χ0v) is 15.6. The summed E-state index contributed by atoms with van der Waals surface area (Å²) in [6.07, 6.45) is 0.376. The molecule has 0 bridgehead atoms. The number of carbonyl (C=O) groups excluding carboxylic acids is 2. The van der Waals surface area contributed by atoms with Gasteiger partial charge in [0.05, 0.1) is 10.0 Å². The Morgan fingerprint density at radius 3 is 2.20 bits per heavy atom. The molecule has 0 spiro atoms. The summed E-state index contributed by atoms with van der Waals surface area (Å²) in [7, 11) is 0. The Bertz CT molecular complexity index is 774. The van der Waals surface area contributed by atoms with Crippen LogP contribution in [0.2, 0.25) is 15.1 Å². The molecule has 25 heavy (non-hydrogen) atoms. The molecule has 0 aliphatic heterocycles. The molecule has 0 fully saturated rings. The van der Waals surface area contributed by atoms with Crippen molar-refractivity contribution < 1.29 is 19.1 Å². The van der Waals surface area contributed by atoms with E-state index < -0.39 is 11.9 Å². The minimum absolute atomic E-state index is 0.0412. The van der Waals surface area contributed by atoms with E-state index in [1.54, 1.807) is 30.3 Å². The highest BCUT2D eigenvalue weighted by molar-refractivity contribution is 6.43. The normalized spacial score (nSPS) is 10.4. The third kappa shape index (κ3) is 5.92. The van der Waals surface area contributed by atoms with Gasteiger partial charge in [0, 0.05) is 12.8 Å². The molecule has 0 saturated heterocycles. The van der Waals surface area contributed by atoms with Crippen molar-refractivity contribution in [3.63, 3.8) is 0 Å². The molecular weight excluding hydrogens is 387 g/mol. The van der Waals surface area contributed by atoms with Gasteiger partial charge in [0.1, 0.15) is 10.8 Å². The highest BCUT2D eigenvalue weighted by Gasteiger charge is 2.13. The molecule has 0 atom stereocenters. The summed E-state index contributed by atoms with van der Waals surface area (Å²) in [5.74, 6) is -0.486. The molecule has 0 saturated carbocycles. The van der Waals surface area contributed by atoms with Crippen molar-refractivity contribution in [3.05, 3.63) is 57.0 Å². The van der Waals surface area contributed by atoms with Gasteiger partial charge in [0.15, 0.2) is 5.75 Å². The third-order valence-corrected chi connectivity index (χ3v) is 4.33. The van der Waals surface area contributed by atoms with Crippen molar-refractivity contribution in [1.29, 1.82) is 0 Å². The lowest BCUT2D eigenvalue weighted by atomic mass is 10.2. The fraction of sp³-hybridized carbons (Fsp3) is 0.222. The molecule has 0 amide bonds. The summed E-state index contributed by atoms with van der Waals surface area (Å²) in [6, 6.07) is 9.91. The van der Waals surface area contributed by atoms with Crippen LogP contribution in [-0.4, -0.2) is 11.9 Å². The summed E-state index contributed by atoms with van der Waals surface area (Å²) in [4.78, 5) is 23.7. The lowest BCUT2D eigenvalue weighted by Crippen LogP contribution is -2.12. The number of benzene rings is 2. The minimum Gasteiger partial charge on any atom is -0.425 e. The molecular formula is C18H15Cl3O4. The maximum atomic E-state index is 11.8. The maximum Gasteiger partial charge on any atom is 0.311 e. The molecule has 7 heteroatoms. The first-order valence-corrected chi connectivity index (χ1v) is 8.61. The van der Waals surface area contributed by atoms with Gasteiger partial charge in [-0.1, -0.05) is 46.9 Å². The number of ether oxygens (including phenoxy) is 2. The van der Waals surface area contributed by atoms with Gasteiger partial charge in [0.2, 0.25) is 0 Å². The predicted octanol–water partition coefficient (Wildman–Crippen LogP) is 5.64. The van der Waals surface area contributed by atoms with E-state index in [2.05, 4.69) is 0 Å². The summed E-state index contributed by atoms with van der Waals surface area (Å²) < 4.78 is 10.3.